The summed E-state index contributed by atoms with van der Waals surface area (Å²) in [5, 5.41) is 13.0. The van der Waals surface area contributed by atoms with E-state index in [1.165, 1.54) is 4.68 Å². The van der Waals surface area contributed by atoms with Gasteiger partial charge in [0.1, 0.15) is 0 Å². The maximum atomic E-state index is 11.5. The summed E-state index contributed by atoms with van der Waals surface area (Å²) in [6.45, 7) is 0. The lowest BCUT2D eigenvalue weighted by molar-refractivity contribution is 0.0679. The average molecular weight is 194 g/mol. The summed E-state index contributed by atoms with van der Waals surface area (Å²) in [6, 6.07) is 0. The second-order valence-corrected chi connectivity index (χ2v) is 3.38. The molecular formula is C9H10N2O3. The van der Waals surface area contributed by atoms with E-state index in [-0.39, 0.29) is 11.5 Å². The normalized spacial score (nSPS) is 15.4. The van der Waals surface area contributed by atoms with Crippen molar-refractivity contribution in [3.05, 3.63) is 17.0 Å². The molecule has 5 heteroatoms. The maximum absolute atomic E-state index is 11.5. The van der Waals surface area contributed by atoms with Crippen LogP contribution in [0.15, 0.2) is 0 Å². The molecule has 5 nitrogen and oxygen atoms in total. The van der Waals surface area contributed by atoms with Crippen LogP contribution in [0.25, 0.3) is 0 Å². The third-order valence-electron chi connectivity index (χ3n) is 2.42. The van der Waals surface area contributed by atoms with Crippen LogP contribution in [-0.4, -0.2) is 26.6 Å². The minimum Gasteiger partial charge on any atom is -0.477 e. The van der Waals surface area contributed by atoms with Crippen LogP contribution < -0.4 is 0 Å². The number of rotatable bonds is 1. The molecule has 1 aliphatic carbocycles. The number of nitrogens with zero attached hydrogens (tertiary/aromatic N) is 2. The fourth-order valence-corrected chi connectivity index (χ4v) is 1.83. The van der Waals surface area contributed by atoms with Crippen molar-refractivity contribution in [2.45, 2.75) is 19.3 Å². The zero-order valence-corrected chi connectivity index (χ0v) is 7.78. The number of aromatic nitrogens is 2. The fourth-order valence-electron chi connectivity index (χ4n) is 1.83. The van der Waals surface area contributed by atoms with E-state index in [1.807, 2.05) is 0 Å². The van der Waals surface area contributed by atoms with E-state index < -0.39 is 5.97 Å². The first-order valence-electron chi connectivity index (χ1n) is 4.43. The van der Waals surface area contributed by atoms with Crippen molar-refractivity contribution in [3.8, 4) is 0 Å². The van der Waals surface area contributed by atoms with Crippen LogP contribution in [0.4, 0.5) is 0 Å². The molecule has 0 aromatic carbocycles. The van der Waals surface area contributed by atoms with Gasteiger partial charge < -0.3 is 5.11 Å². The predicted molar refractivity (Wildman–Crippen MR) is 47.4 cm³/mol. The molecule has 0 fully saturated rings. The van der Waals surface area contributed by atoms with Crippen molar-refractivity contribution < 1.29 is 14.7 Å². The molecule has 0 atom stereocenters. The number of carboxylic acids is 1. The topological polar surface area (TPSA) is 72.2 Å². The zero-order valence-electron chi connectivity index (χ0n) is 7.78. The number of hydrogen-bond donors (Lipinski definition) is 1. The third-order valence-corrected chi connectivity index (χ3v) is 2.42. The number of aryl methyl sites for hydroxylation is 2. The Kier molecular flexibility index (Phi) is 1.87. The van der Waals surface area contributed by atoms with E-state index in [0.717, 1.165) is 6.42 Å². The van der Waals surface area contributed by atoms with Gasteiger partial charge >= 0.3 is 5.97 Å². The van der Waals surface area contributed by atoms with Crippen LogP contribution in [0.2, 0.25) is 0 Å². The molecule has 0 spiro atoms. The van der Waals surface area contributed by atoms with E-state index in [4.69, 9.17) is 5.11 Å². The summed E-state index contributed by atoms with van der Waals surface area (Å²) in [4.78, 5) is 22.4. The van der Waals surface area contributed by atoms with Crippen LogP contribution in [-0.2, 0) is 13.5 Å². The van der Waals surface area contributed by atoms with Crippen molar-refractivity contribution in [3.63, 3.8) is 0 Å². The highest BCUT2D eigenvalue weighted by Gasteiger charge is 2.28. The van der Waals surface area contributed by atoms with Gasteiger partial charge in [0.2, 0.25) is 0 Å². The molecule has 0 aliphatic heterocycles. The first-order valence-corrected chi connectivity index (χ1v) is 4.43. The summed E-state index contributed by atoms with van der Waals surface area (Å²) >= 11 is 0. The highest BCUT2D eigenvalue weighted by molar-refractivity contribution is 6.06. The number of ketones is 1. The molecule has 0 saturated heterocycles. The van der Waals surface area contributed by atoms with Gasteiger partial charge in [0.25, 0.3) is 0 Å². The van der Waals surface area contributed by atoms with E-state index in [9.17, 15) is 9.59 Å². The van der Waals surface area contributed by atoms with Gasteiger partial charge in [-0.05, 0) is 12.8 Å². The molecule has 1 heterocycles. The smallest absolute Gasteiger partial charge is 0.354 e. The molecule has 0 bridgehead atoms. The van der Waals surface area contributed by atoms with Crippen molar-refractivity contribution in [1.82, 2.24) is 9.78 Å². The van der Waals surface area contributed by atoms with Crippen LogP contribution in [0.5, 0.6) is 0 Å². The van der Waals surface area contributed by atoms with Crippen molar-refractivity contribution in [2.24, 2.45) is 7.05 Å². The standard InChI is InChI=1S/C9H10N2O3/c1-11-8(9(13)14)7-5(10-11)3-2-4-6(7)12/h2-4H2,1H3,(H,13,14). The summed E-state index contributed by atoms with van der Waals surface area (Å²) in [5.74, 6) is -1.19. The summed E-state index contributed by atoms with van der Waals surface area (Å²) in [7, 11) is 1.55. The van der Waals surface area contributed by atoms with Gasteiger partial charge in [-0.1, -0.05) is 0 Å². The Morgan fingerprint density at radius 3 is 2.86 bits per heavy atom. The van der Waals surface area contributed by atoms with E-state index in [1.54, 1.807) is 7.05 Å². The molecule has 1 aromatic rings. The zero-order chi connectivity index (χ0) is 10.3. The maximum Gasteiger partial charge on any atom is 0.354 e. The minimum absolute atomic E-state index is 0.0182. The number of aromatic carboxylic acids is 1. The Balaban J connectivity index is 2.65. The average Bonchev–Trinajstić information content (AvgIpc) is 2.42. The van der Waals surface area contributed by atoms with Gasteiger partial charge in [0.05, 0.1) is 11.3 Å². The van der Waals surface area contributed by atoms with Gasteiger partial charge in [-0.25, -0.2) is 4.79 Å². The first kappa shape index (κ1) is 8.93. The molecule has 1 aliphatic rings. The van der Waals surface area contributed by atoms with Crippen molar-refractivity contribution in [1.29, 1.82) is 0 Å². The van der Waals surface area contributed by atoms with E-state index in [2.05, 4.69) is 5.10 Å². The number of fused-ring (bicyclic) bond motifs is 1. The Morgan fingerprint density at radius 1 is 1.50 bits per heavy atom. The Labute approximate surface area is 80.3 Å². The number of carbonyl (C=O) groups excluding carboxylic acids is 1. The van der Waals surface area contributed by atoms with Crippen molar-refractivity contribution in [2.75, 3.05) is 0 Å². The monoisotopic (exact) mass is 194 g/mol. The number of Topliss-reactive ketones (excluding diaryl/α,β-unsaturated/α-hetero) is 1. The highest BCUT2D eigenvalue weighted by Crippen LogP contribution is 2.23. The number of carbonyl (C=O) groups is 2. The summed E-state index contributed by atoms with van der Waals surface area (Å²) in [6.07, 6.45) is 1.89. The molecule has 1 N–H and O–H groups in total. The molecule has 0 unspecified atom stereocenters. The third kappa shape index (κ3) is 1.13. The Bertz CT molecular complexity index is 420. The lowest BCUT2D eigenvalue weighted by Crippen LogP contribution is -2.14. The molecule has 2 rings (SSSR count). The van der Waals surface area contributed by atoms with Crippen LogP contribution in [0, 0.1) is 0 Å². The highest BCUT2D eigenvalue weighted by atomic mass is 16.4. The molecular weight excluding hydrogens is 184 g/mol. The van der Waals surface area contributed by atoms with E-state index in [0.29, 0.717) is 24.1 Å². The molecule has 0 radical (unpaired) electrons. The van der Waals surface area contributed by atoms with Gasteiger partial charge in [0, 0.05) is 13.5 Å². The van der Waals surface area contributed by atoms with Crippen molar-refractivity contribution >= 4 is 11.8 Å². The van der Waals surface area contributed by atoms with E-state index >= 15 is 0 Å². The molecule has 0 saturated carbocycles. The fraction of sp³-hybridized carbons (Fsp3) is 0.444. The second kappa shape index (κ2) is 2.94. The number of carboxylic acid groups (broad SMARTS) is 1. The lowest BCUT2D eigenvalue weighted by Gasteiger charge is -2.07. The SMILES string of the molecule is Cn1nc2c(c1C(=O)O)C(=O)CCC2. The quantitative estimate of drug-likeness (QED) is 0.711. The second-order valence-electron chi connectivity index (χ2n) is 3.38. The first-order chi connectivity index (χ1) is 6.61. The predicted octanol–water partition coefficient (Wildman–Crippen LogP) is 0.637. The molecule has 0 amide bonds. The molecule has 1 aromatic heterocycles. The van der Waals surface area contributed by atoms with Crippen LogP contribution >= 0.6 is 0 Å². The lowest BCUT2D eigenvalue weighted by atomic mass is 9.94. The van der Waals surface area contributed by atoms with Gasteiger partial charge in [-0.2, -0.15) is 5.10 Å². The molecule has 74 valence electrons. The van der Waals surface area contributed by atoms with Gasteiger partial charge in [-0.3, -0.25) is 9.48 Å². The Morgan fingerprint density at radius 2 is 2.21 bits per heavy atom. The summed E-state index contributed by atoms with van der Waals surface area (Å²) < 4.78 is 1.27. The van der Waals surface area contributed by atoms with Crippen LogP contribution in [0.3, 0.4) is 0 Å². The largest absolute Gasteiger partial charge is 0.477 e. The summed E-state index contributed by atoms with van der Waals surface area (Å²) in [5.41, 5.74) is 0.956. The number of hydrogen-bond acceptors (Lipinski definition) is 3. The van der Waals surface area contributed by atoms with Gasteiger partial charge in [-0.15, -0.1) is 0 Å². The minimum atomic E-state index is -1.09. The Hall–Kier alpha value is -1.65. The van der Waals surface area contributed by atoms with Crippen LogP contribution in [0.1, 0.15) is 39.4 Å². The molecule has 14 heavy (non-hydrogen) atoms. The van der Waals surface area contributed by atoms with Gasteiger partial charge in [0.15, 0.2) is 11.5 Å².